The van der Waals surface area contributed by atoms with Gasteiger partial charge >= 0.3 is 6.18 Å². The maximum atomic E-state index is 12.2. The quantitative estimate of drug-likeness (QED) is 0.468. The molecule has 0 N–H and O–H groups in total. The zero-order valence-corrected chi connectivity index (χ0v) is 7.87. The summed E-state index contributed by atoms with van der Waals surface area (Å²) in [5.74, 6) is 0. The van der Waals surface area contributed by atoms with E-state index in [1.165, 1.54) is 6.92 Å². The number of aliphatic imine (C=N–C) groups is 1. The number of halogens is 3. The molecule has 1 nitrogen and oxygen atoms in total. The fourth-order valence-electron chi connectivity index (χ4n) is 0.864. The predicted molar refractivity (Wildman–Crippen MR) is 47.7 cm³/mol. The summed E-state index contributed by atoms with van der Waals surface area (Å²) < 4.78 is 36.7. The van der Waals surface area contributed by atoms with Crippen molar-refractivity contribution < 1.29 is 13.2 Å². The van der Waals surface area contributed by atoms with E-state index in [4.69, 9.17) is 0 Å². The molecule has 0 atom stereocenters. The maximum Gasteiger partial charge on any atom is 0.418 e. The minimum Gasteiger partial charge on any atom is -0.263 e. The molecule has 0 rings (SSSR count). The Hall–Kier alpha value is -1.06. The average Bonchev–Trinajstić information content (AvgIpc) is 1.82. The molecule has 0 spiro atoms. The van der Waals surface area contributed by atoms with Gasteiger partial charge in [0.1, 0.15) is 0 Å². The molecule has 0 saturated heterocycles. The Morgan fingerprint density at radius 3 is 1.92 bits per heavy atom. The molecule has 13 heavy (non-hydrogen) atoms. The summed E-state index contributed by atoms with van der Waals surface area (Å²) in [5, 5.41) is 0. The summed E-state index contributed by atoms with van der Waals surface area (Å²) in [4.78, 5) is 3.72. The van der Waals surface area contributed by atoms with Crippen molar-refractivity contribution in [3.05, 3.63) is 23.9 Å². The van der Waals surface area contributed by atoms with E-state index in [2.05, 4.69) is 11.6 Å². The van der Waals surface area contributed by atoms with Gasteiger partial charge in [-0.1, -0.05) is 12.7 Å². The summed E-state index contributed by atoms with van der Waals surface area (Å²) in [6.45, 7) is 7.70. The van der Waals surface area contributed by atoms with Gasteiger partial charge in [0.05, 0.1) is 5.57 Å². The molecule has 0 bridgehead atoms. The second-order valence-corrected chi connectivity index (χ2v) is 2.76. The van der Waals surface area contributed by atoms with Crippen molar-refractivity contribution in [3.63, 3.8) is 0 Å². The summed E-state index contributed by atoms with van der Waals surface area (Å²) in [5.41, 5.74) is -0.252. The van der Waals surface area contributed by atoms with E-state index in [-0.39, 0.29) is 5.70 Å². The highest BCUT2D eigenvalue weighted by Crippen LogP contribution is 2.29. The zero-order valence-electron chi connectivity index (χ0n) is 7.87. The molecule has 0 unspecified atom stereocenters. The third-order valence-corrected chi connectivity index (χ3v) is 1.29. The van der Waals surface area contributed by atoms with E-state index in [0.29, 0.717) is 5.71 Å². The van der Waals surface area contributed by atoms with Crippen LogP contribution < -0.4 is 0 Å². The van der Waals surface area contributed by atoms with Gasteiger partial charge in [-0.3, -0.25) is 4.99 Å². The van der Waals surface area contributed by atoms with Crippen molar-refractivity contribution in [1.29, 1.82) is 0 Å². The normalized spacial score (nSPS) is 13.4. The molecule has 0 aliphatic carbocycles. The molecule has 0 radical (unpaired) electrons. The first-order chi connectivity index (χ1) is 5.79. The highest BCUT2D eigenvalue weighted by atomic mass is 19.4. The van der Waals surface area contributed by atoms with Crippen LogP contribution in [0.4, 0.5) is 13.2 Å². The molecule has 0 saturated carbocycles. The van der Waals surface area contributed by atoms with E-state index in [9.17, 15) is 13.2 Å². The fraction of sp³-hybridized carbons (Fsp3) is 0.444. The lowest BCUT2D eigenvalue weighted by Crippen LogP contribution is -2.11. The largest absolute Gasteiger partial charge is 0.418 e. The molecule has 74 valence electrons. The summed E-state index contributed by atoms with van der Waals surface area (Å²) in [7, 11) is 0. The summed E-state index contributed by atoms with van der Waals surface area (Å²) in [6, 6.07) is 0. The van der Waals surface area contributed by atoms with Crippen LogP contribution in [0.5, 0.6) is 0 Å². The molecule has 4 heteroatoms. The lowest BCUT2D eigenvalue weighted by molar-refractivity contribution is -0.0889. The molecule has 0 fully saturated rings. The van der Waals surface area contributed by atoms with Crippen LogP contribution in [0.2, 0.25) is 0 Å². The number of nitrogens with zero attached hydrogens (tertiary/aromatic N) is 1. The van der Waals surface area contributed by atoms with Crippen LogP contribution in [0.1, 0.15) is 20.8 Å². The van der Waals surface area contributed by atoms with Crippen molar-refractivity contribution in [2.75, 3.05) is 0 Å². The van der Waals surface area contributed by atoms with Gasteiger partial charge < -0.3 is 0 Å². The summed E-state index contributed by atoms with van der Waals surface area (Å²) >= 11 is 0. The topological polar surface area (TPSA) is 12.4 Å². The van der Waals surface area contributed by atoms with Crippen molar-refractivity contribution in [2.24, 2.45) is 4.99 Å². The van der Waals surface area contributed by atoms with Gasteiger partial charge in [-0.05, 0) is 20.8 Å². The average molecular weight is 191 g/mol. The molecule has 0 heterocycles. The zero-order chi connectivity index (χ0) is 10.6. The first-order valence-corrected chi connectivity index (χ1v) is 3.71. The van der Waals surface area contributed by atoms with Gasteiger partial charge in [0, 0.05) is 11.4 Å². The van der Waals surface area contributed by atoms with Crippen molar-refractivity contribution in [3.8, 4) is 0 Å². The smallest absolute Gasteiger partial charge is 0.263 e. The predicted octanol–water partition coefficient (Wildman–Crippen LogP) is 3.49. The first-order valence-electron chi connectivity index (χ1n) is 3.71. The number of allylic oxidation sites excluding steroid dienone is 3. The Labute approximate surface area is 75.7 Å². The number of hydrogen-bond acceptors (Lipinski definition) is 1. The van der Waals surface area contributed by atoms with E-state index < -0.39 is 11.7 Å². The van der Waals surface area contributed by atoms with Crippen molar-refractivity contribution in [2.45, 2.75) is 26.9 Å². The van der Waals surface area contributed by atoms with Gasteiger partial charge in [-0.2, -0.15) is 13.2 Å². The van der Waals surface area contributed by atoms with Crippen LogP contribution in [0.3, 0.4) is 0 Å². The minimum absolute atomic E-state index is 0.0532. The molecule has 0 aliphatic heterocycles. The molecule has 0 aromatic heterocycles. The molecule has 0 amide bonds. The van der Waals surface area contributed by atoms with Gasteiger partial charge in [-0.25, -0.2) is 0 Å². The second kappa shape index (κ2) is 4.25. The Bertz CT molecular complexity index is 255. The number of alkyl halides is 3. The molecular weight excluding hydrogens is 179 g/mol. The summed E-state index contributed by atoms with van der Waals surface area (Å²) in [6.07, 6.45) is -3.59. The van der Waals surface area contributed by atoms with E-state index in [1.807, 2.05) is 0 Å². The lowest BCUT2D eigenvalue weighted by Gasteiger charge is -2.08. The maximum absolute atomic E-state index is 12.2. The van der Waals surface area contributed by atoms with Gasteiger partial charge in [0.25, 0.3) is 0 Å². The second-order valence-electron chi connectivity index (χ2n) is 2.76. The molecule has 0 aliphatic rings. The van der Waals surface area contributed by atoms with Crippen molar-refractivity contribution >= 4 is 5.71 Å². The highest BCUT2D eigenvalue weighted by Gasteiger charge is 2.33. The number of rotatable bonds is 2. The van der Waals surface area contributed by atoms with Crippen LogP contribution >= 0.6 is 0 Å². The first kappa shape index (κ1) is 11.9. The standard InChI is InChI=1S/C9H12F3N/c1-5-8(9(10,11)12)7(4)13-6(2)3/h5H,1H2,2-4H3/b8-7+. The Morgan fingerprint density at radius 1 is 1.23 bits per heavy atom. The van der Waals surface area contributed by atoms with E-state index >= 15 is 0 Å². The Balaban J connectivity index is 5.15. The van der Waals surface area contributed by atoms with E-state index in [1.54, 1.807) is 13.8 Å². The van der Waals surface area contributed by atoms with Crippen LogP contribution in [0.25, 0.3) is 0 Å². The van der Waals surface area contributed by atoms with Gasteiger partial charge in [0.15, 0.2) is 0 Å². The highest BCUT2D eigenvalue weighted by molar-refractivity contribution is 5.80. The third-order valence-electron chi connectivity index (χ3n) is 1.29. The lowest BCUT2D eigenvalue weighted by atomic mass is 10.2. The van der Waals surface area contributed by atoms with Crippen LogP contribution in [-0.4, -0.2) is 11.9 Å². The monoisotopic (exact) mass is 191 g/mol. The van der Waals surface area contributed by atoms with Crippen LogP contribution in [0.15, 0.2) is 28.9 Å². The fourth-order valence-corrected chi connectivity index (χ4v) is 0.864. The Kier molecular flexibility index (Phi) is 3.91. The van der Waals surface area contributed by atoms with Crippen LogP contribution in [-0.2, 0) is 0 Å². The van der Waals surface area contributed by atoms with Crippen LogP contribution in [0, 0.1) is 0 Å². The number of hydrogen-bond donors (Lipinski definition) is 0. The van der Waals surface area contributed by atoms with Gasteiger partial charge in [0.2, 0.25) is 0 Å². The van der Waals surface area contributed by atoms with Crippen molar-refractivity contribution in [1.82, 2.24) is 0 Å². The molecular formula is C9H12F3N. The molecule has 0 aromatic rings. The minimum atomic E-state index is -4.37. The molecule has 0 aromatic carbocycles. The van der Waals surface area contributed by atoms with Gasteiger partial charge in [-0.15, -0.1) is 0 Å². The van der Waals surface area contributed by atoms with E-state index in [0.717, 1.165) is 6.08 Å². The third kappa shape index (κ3) is 3.92. The SMILES string of the molecule is C=C/C(=C(/C)N=C(C)C)C(F)(F)F. The Morgan fingerprint density at radius 2 is 1.69 bits per heavy atom.